The third-order valence-corrected chi connectivity index (χ3v) is 5.97. The third kappa shape index (κ3) is 2.56. The van der Waals surface area contributed by atoms with Gasteiger partial charge in [0.1, 0.15) is 5.82 Å². The van der Waals surface area contributed by atoms with Crippen LogP contribution in [0.15, 0.2) is 18.5 Å². The number of aliphatic hydroxyl groups excluding tert-OH is 1. The summed E-state index contributed by atoms with van der Waals surface area (Å²) >= 11 is 0. The van der Waals surface area contributed by atoms with Gasteiger partial charge in [0, 0.05) is 38.3 Å². The van der Waals surface area contributed by atoms with Crippen LogP contribution in [0.5, 0.6) is 0 Å². The number of hydrogen-bond donors (Lipinski definition) is 2. The summed E-state index contributed by atoms with van der Waals surface area (Å²) < 4.78 is 2.06. The summed E-state index contributed by atoms with van der Waals surface area (Å²) in [6, 6.07) is 2.00. The van der Waals surface area contributed by atoms with Crippen molar-refractivity contribution >= 4 is 22.8 Å². The molecule has 27 heavy (non-hydrogen) atoms. The van der Waals surface area contributed by atoms with Gasteiger partial charge in [-0.15, -0.1) is 10.2 Å². The number of carbonyl (C=O) groups excluding carboxylic acids is 1. The molecule has 2 aliphatic heterocycles. The van der Waals surface area contributed by atoms with E-state index in [-0.39, 0.29) is 11.9 Å². The van der Waals surface area contributed by atoms with Crippen molar-refractivity contribution in [1.29, 1.82) is 0 Å². The van der Waals surface area contributed by atoms with Gasteiger partial charge in [0.05, 0.1) is 17.8 Å². The third-order valence-electron chi connectivity index (χ3n) is 5.97. The number of carbonyl (C=O) groups is 1. The Morgan fingerprint density at radius 3 is 2.96 bits per heavy atom. The first-order valence-electron chi connectivity index (χ1n) is 9.54. The maximum absolute atomic E-state index is 12.9. The van der Waals surface area contributed by atoms with Gasteiger partial charge in [-0.25, -0.2) is 9.78 Å². The Hall–Kier alpha value is -2.68. The molecule has 9 heteroatoms. The molecule has 5 heterocycles. The van der Waals surface area contributed by atoms with Gasteiger partial charge < -0.3 is 19.9 Å². The average Bonchev–Trinajstić information content (AvgIpc) is 3.43. The van der Waals surface area contributed by atoms with E-state index in [4.69, 9.17) is 0 Å². The molecule has 2 aliphatic rings. The number of rotatable bonds is 2. The fourth-order valence-corrected chi connectivity index (χ4v) is 4.49. The topological polar surface area (TPSA) is 103 Å². The molecule has 2 saturated heterocycles. The van der Waals surface area contributed by atoms with E-state index < -0.39 is 6.10 Å². The SMILES string of the molecule is CC[C@H]1CN(C(=O)N2CC[C@H](O)C2)C[C@H]1c1nnc2cnc3[nH]ccc3n12. The fourth-order valence-electron chi connectivity index (χ4n) is 4.49. The summed E-state index contributed by atoms with van der Waals surface area (Å²) in [5.74, 6) is 1.35. The lowest BCUT2D eigenvalue weighted by Crippen LogP contribution is -2.41. The molecule has 9 nitrogen and oxygen atoms in total. The zero-order valence-corrected chi connectivity index (χ0v) is 15.2. The van der Waals surface area contributed by atoms with E-state index in [0.717, 1.165) is 29.1 Å². The van der Waals surface area contributed by atoms with E-state index in [2.05, 4.69) is 31.5 Å². The summed E-state index contributed by atoms with van der Waals surface area (Å²) in [6.45, 7) is 4.55. The van der Waals surface area contributed by atoms with Crippen molar-refractivity contribution in [2.24, 2.45) is 5.92 Å². The number of nitrogens with one attached hydrogen (secondary N) is 1. The molecule has 0 unspecified atom stereocenters. The fraction of sp³-hybridized carbons (Fsp3) is 0.556. The van der Waals surface area contributed by atoms with Gasteiger partial charge in [-0.05, 0) is 18.4 Å². The normalized spacial score (nSPS) is 25.9. The van der Waals surface area contributed by atoms with Crippen molar-refractivity contribution in [2.45, 2.75) is 31.8 Å². The predicted molar refractivity (Wildman–Crippen MR) is 98.3 cm³/mol. The second-order valence-electron chi connectivity index (χ2n) is 7.57. The van der Waals surface area contributed by atoms with Gasteiger partial charge in [-0.3, -0.25) is 4.40 Å². The summed E-state index contributed by atoms with van der Waals surface area (Å²) in [7, 11) is 0. The van der Waals surface area contributed by atoms with E-state index in [1.54, 1.807) is 11.1 Å². The maximum Gasteiger partial charge on any atom is 0.320 e. The van der Waals surface area contributed by atoms with E-state index in [1.807, 2.05) is 17.2 Å². The van der Waals surface area contributed by atoms with Crippen LogP contribution in [-0.4, -0.2) is 77.8 Å². The van der Waals surface area contributed by atoms with E-state index in [9.17, 15) is 9.90 Å². The van der Waals surface area contributed by atoms with Crippen molar-refractivity contribution in [2.75, 3.05) is 26.2 Å². The number of urea groups is 1. The van der Waals surface area contributed by atoms with Crippen LogP contribution in [0.2, 0.25) is 0 Å². The van der Waals surface area contributed by atoms with Crippen LogP contribution in [0.25, 0.3) is 16.8 Å². The molecule has 2 fully saturated rings. The number of nitrogens with zero attached hydrogens (tertiary/aromatic N) is 6. The zero-order valence-electron chi connectivity index (χ0n) is 15.2. The average molecular weight is 369 g/mol. The van der Waals surface area contributed by atoms with Gasteiger partial charge in [-0.1, -0.05) is 13.3 Å². The smallest absolute Gasteiger partial charge is 0.320 e. The first-order chi connectivity index (χ1) is 13.2. The number of aliphatic hydroxyl groups is 1. The largest absolute Gasteiger partial charge is 0.391 e. The summed E-state index contributed by atoms with van der Waals surface area (Å²) in [5.41, 5.74) is 2.47. The number of H-pyrrole nitrogens is 1. The number of β-amino-alcohol motifs (C(OH)–C–C–N with tert-alkyl or cyclic N) is 1. The highest BCUT2D eigenvalue weighted by atomic mass is 16.3. The van der Waals surface area contributed by atoms with Crippen LogP contribution in [0, 0.1) is 5.92 Å². The van der Waals surface area contributed by atoms with Crippen molar-refractivity contribution in [3.05, 3.63) is 24.3 Å². The summed E-state index contributed by atoms with van der Waals surface area (Å²) in [4.78, 5) is 24.1. The van der Waals surface area contributed by atoms with Crippen LogP contribution in [-0.2, 0) is 0 Å². The lowest BCUT2D eigenvalue weighted by Gasteiger charge is -2.24. The lowest BCUT2D eigenvalue weighted by atomic mass is 9.93. The van der Waals surface area contributed by atoms with Crippen molar-refractivity contribution in [3.63, 3.8) is 0 Å². The van der Waals surface area contributed by atoms with Crippen LogP contribution in [0.4, 0.5) is 4.79 Å². The van der Waals surface area contributed by atoms with Gasteiger partial charge in [0.25, 0.3) is 0 Å². The molecule has 142 valence electrons. The Kier molecular flexibility index (Phi) is 3.78. The molecule has 0 spiro atoms. The summed E-state index contributed by atoms with van der Waals surface area (Å²) in [6.07, 6.45) is 4.81. The van der Waals surface area contributed by atoms with E-state index in [0.29, 0.717) is 38.5 Å². The summed E-state index contributed by atoms with van der Waals surface area (Å²) in [5, 5.41) is 18.5. The number of aromatic amines is 1. The second kappa shape index (κ2) is 6.19. The standard InChI is InChI=1S/C18H23N7O2/c1-2-11-8-24(18(27)23-6-4-12(26)9-23)10-13(11)17-22-21-15-7-20-16-14(25(15)17)3-5-19-16/h3,5,7,11-13,19,26H,2,4,6,8-10H2,1H3/t11-,12-,13+/m0/s1. The predicted octanol–water partition coefficient (Wildman–Crippen LogP) is 1.22. The molecule has 3 atom stereocenters. The van der Waals surface area contributed by atoms with E-state index >= 15 is 0 Å². The second-order valence-corrected chi connectivity index (χ2v) is 7.57. The number of amides is 2. The van der Waals surface area contributed by atoms with E-state index in [1.165, 1.54) is 0 Å². The quantitative estimate of drug-likeness (QED) is 0.707. The molecule has 0 aromatic carbocycles. The Labute approximate surface area is 156 Å². The van der Waals surface area contributed by atoms with Crippen molar-refractivity contribution in [1.82, 2.24) is 34.4 Å². The van der Waals surface area contributed by atoms with Gasteiger partial charge in [0.15, 0.2) is 11.3 Å². The molecule has 5 rings (SSSR count). The number of aromatic nitrogens is 5. The Bertz CT molecular complexity index is 996. The van der Waals surface area contributed by atoms with Crippen molar-refractivity contribution < 1.29 is 9.90 Å². The highest BCUT2D eigenvalue weighted by molar-refractivity contribution is 5.76. The monoisotopic (exact) mass is 369 g/mol. The molecule has 0 aliphatic carbocycles. The highest BCUT2D eigenvalue weighted by Crippen LogP contribution is 2.35. The first-order valence-corrected chi connectivity index (χ1v) is 9.54. The zero-order chi connectivity index (χ0) is 18.5. The van der Waals surface area contributed by atoms with Crippen molar-refractivity contribution in [3.8, 4) is 0 Å². The highest BCUT2D eigenvalue weighted by Gasteiger charge is 2.40. The van der Waals surface area contributed by atoms with Crippen LogP contribution in [0.1, 0.15) is 31.5 Å². The van der Waals surface area contributed by atoms with Crippen LogP contribution in [0.3, 0.4) is 0 Å². The first kappa shape index (κ1) is 16.5. The Morgan fingerprint density at radius 1 is 1.30 bits per heavy atom. The minimum absolute atomic E-state index is 0.0229. The van der Waals surface area contributed by atoms with Crippen LogP contribution >= 0.6 is 0 Å². The molecule has 0 saturated carbocycles. The molecule has 3 aromatic rings. The van der Waals surface area contributed by atoms with Gasteiger partial charge in [-0.2, -0.15) is 0 Å². The molecule has 0 radical (unpaired) electrons. The molecule has 2 amide bonds. The molecule has 3 aromatic heterocycles. The van der Waals surface area contributed by atoms with Gasteiger partial charge >= 0.3 is 6.03 Å². The van der Waals surface area contributed by atoms with Crippen LogP contribution < -0.4 is 0 Å². The number of hydrogen-bond acceptors (Lipinski definition) is 5. The minimum Gasteiger partial charge on any atom is -0.391 e. The molecule has 2 N–H and O–H groups in total. The Morgan fingerprint density at radius 2 is 2.19 bits per heavy atom. The van der Waals surface area contributed by atoms with Gasteiger partial charge in [0.2, 0.25) is 0 Å². The molecule has 0 bridgehead atoms. The molecular formula is C18H23N7O2. The lowest BCUT2D eigenvalue weighted by molar-refractivity contribution is 0.152. The Balaban J connectivity index is 1.48. The molecular weight excluding hydrogens is 346 g/mol. The minimum atomic E-state index is -0.399. The number of fused-ring (bicyclic) bond motifs is 3. The maximum atomic E-state index is 12.9. The number of likely N-dealkylation sites (tertiary alicyclic amines) is 2.